The zero-order chi connectivity index (χ0) is 14.4. The van der Waals surface area contributed by atoms with Crippen molar-refractivity contribution in [1.29, 1.82) is 0 Å². The summed E-state index contributed by atoms with van der Waals surface area (Å²) in [6.45, 7) is 2.28. The fourth-order valence-corrected chi connectivity index (χ4v) is 1.70. The number of aromatic nitrogens is 1. The van der Waals surface area contributed by atoms with Crippen LogP contribution in [0.3, 0.4) is 0 Å². The number of hydrogen-bond donors (Lipinski definition) is 3. The van der Waals surface area contributed by atoms with E-state index < -0.39 is 6.03 Å². The standard InChI is InChI=1S/C14H16N4O2/c1-2-15-14(20)17-16-13(19)11-6-5-7-12(10-11)18-8-3-4-9-18/h3-10H,2H2,1H3,(H,16,19)(H2,15,17,20). The molecule has 0 fully saturated rings. The molecule has 20 heavy (non-hydrogen) atoms. The highest BCUT2D eigenvalue weighted by Gasteiger charge is 2.07. The van der Waals surface area contributed by atoms with Gasteiger partial charge >= 0.3 is 6.03 Å². The molecule has 0 aliphatic heterocycles. The van der Waals surface area contributed by atoms with Crippen molar-refractivity contribution in [3.8, 4) is 5.69 Å². The van der Waals surface area contributed by atoms with Gasteiger partial charge in [0.2, 0.25) is 0 Å². The molecule has 0 atom stereocenters. The Hall–Kier alpha value is -2.76. The SMILES string of the molecule is CCNC(=O)NNC(=O)c1cccc(-n2cccc2)c1. The predicted octanol–water partition coefficient (Wildman–Crippen LogP) is 1.44. The van der Waals surface area contributed by atoms with Gasteiger partial charge in [-0.1, -0.05) is 6.07 Å². The van der Waals surface area contributed by atoms with E-state index in [0.717, 1.165) is 5.69 Å². The molecule has 0 aliphatic carbocycles. The number of rotatable bonds is 3. The molecule has 0 bridgehead atoms. The first kappa shape index (κ1) is 13.7. The van der Waals surface area contributed by atoms with Crippen LogP contribution in [0.2, 0.25) is 0 Å². The summed E-state index contributed by atoms with van der Waals surface area (Å²) in [5.74, 6) is -0.370. The average molecular weight is 272 g/mol. The monoisotopic (exact) mass is 272 g/mol. The van der Waals surface area contributed by atoms with Gasteiger partial charge in [0.25, 0.3) is 5.91 Å². The number of amides is 3. The number of benzene rings is 1. The van der Waals surface area contributed by atoms with Crippen molar-refractivity contribution < 1.29 is 9.59 Å². The van der Waals surface area contributed by atoms with Gasteiger partial charge in [-0.25, -0.2) is 10.2 Å². The third-order valence-corrected chi connectivity index (χ3v) is 2.64. The van der Waals surface area contributed by atoms with Gasteiger partial charge in [-0.2, -0.15) is 0 Å². The Balaban J connectivity index is 2.03. The zero-order valence-electron chi connectivity index (χ0n) is 11.1. The normalized spacial score (nSPS) is 9.85. The molecule has 3 N–H and O–H groups in total. The van der Waals surface area contributed by atoms with E-state index in [1.807, 2.05) is 35.2 Å². The highest BCUT2D eigenvalue weighted by Crippen LogP contribution is 2.10. The van der Waals surface area contributed by atoms with E-state index in [-0.39, 0.29) is 5.91 Å². The summed E-state index contributed by atoms with van der Waals surface area (Å²) < 4.78 is 1.90. The third kappa shape index (κ3) is 3.38. The van der Waals surface area contributed by atoms with E-state index in [1.54, 1.807) is 25.1 Å². The molecule has 2 rings (SSSR count). The number of carbonyl (C=O) groups excluding carboxylic acids is 2. The first-order valence-electron chi connectivity index (χ1n) is 6.28. The fourth-order valence-electron chi connectivity index (χ4n) is 1.70. The van der Waals surface area contributed by atoms with E-state index in [4.69, 9.17) is 0 Å². The van der Waals surface area contributed by atoms with Gasteiger partial charge < -0.3 is 9.88 Å². The van der Waals surface area contributed by atoms with Crippen LogP contribution in [0.4, 0.5) is 4.79 Å². The Morgan fingerprint density at radius 3 is 2.55 bits per heavy atom. The number of carbonyl (C=O) groups is 2. The summed E-state index contributed by atoms with van der Waals surface area (Å²) in [4.78, 5) is 23.1. The summed E-state index contributed by atoms with van der Waals surface area (Å²) in [5.41, 5.74) is 5.97. The molecule has 1 aromatic carbocycles. The van der Waals surface area contributed by atoms with Crippen LogP contribution in [0, 0.1) is 0 Å². The van der Waals surface area contributed by atoms with E-state index >= 15 is 0 Å². The van der Waals surface area contributed by atoms with Gasteiger partial charge in [0.1, 0.15) is 0 Å². The molecule has 6 heteroatoms. The maximum absolute atomic E-state index is 11.9. The Labute approximate surface area is 116 Å². The summed E-state index contributed by atoms with van der Waals surface area (Å²) >= 11 is 0. The number of hydrazine groups is 1. The summed E-state index contributed by atoms with van der Waals surface area (Å²) in [6, 6.07) is 10.5. The maximum Gasteiger partial charge on any atom is 0.333 e. The first-order valence-corrected chi connectivity index (χ1v) is 6.28. The van der Waals surface area contributed by atoms with Crippen LogP contribution in [0.1, 0.15) is 17.3 Å². The third-order valence-electron chi connectivity index (χ3n) is 2.64. The van der Waals surface area contributed by atoms with Gasteiger partial charge in [-0.05, 0) is 37.3 Å². The molecule has 2 aromatic rings. The minimum atomic E-state index is -0.442. The maximum atomic E-state index is 11.9. The van der Waals surface area contributed by atoms with E-state index in [2.05, 4.69) is 16.2 Å². The van der Waals surface area contributed by atoms with Gasteiger partial charge in [-0.15, -0.1) is 0 Å². The predicted molar refractivity (Wildman–Crippen MR) is 75.4 cm³/mol. The lowest BCUT2D eigenvalue weighted by molar-refractivity contribution is 0.0936. The smallest absolute Gasteiger partial charge is 0.333 e. The molecule has 3 amide bonds. The number of urea groups is 1. The molecule has 0 spiro atoms. The summed E-state index contributed by atoms with van der Waals surface area (Å²) in [5, 5.41) is 2.52. The Morgan fingerprint density at radius 2 is 1.85 bits per heavy atom. The molecule has 1 aromatic heterocycles. The van der Waals surface area contributed by atoms with Gasteiger partial charge in [0, 0.05) is 30.2 Å². The molecule has 0 aliphatic rings. The second kappa shape index (κ2) is 6.42. The molecular weight excluding hydrogens is 256 g/mol. The highest BCUT2D eigenvalue weighted by molar-refractivity contribution is 5.95. The Morgan fingerprint density at radius 1 is 1.10 bits per heavy atom. The molecular formula is C14H16N4O2. The second-order valence-electron chi connectivity index (χ2n) is 4.08. The van der Waals surface area contributed by atoms with Gasteiger partial charge in [0.15, 0.2) is 0 Å². The van der Waals surface area contributed by atoms with Crippen LogP contribution in [-0.4, -0.2) is 23.1 Å². The van der Waals surface area contributed by atoms with Crippen molar-refractivity contribution in [2.75, 3.05) is 6.54 Å². The zero-order valence-corrected chi connectivity index (χ0v) is 11.1. The van der Waals surface area contributed by atoms with Crippen molar-refractivity contribution in [3.63, 3.8) is 0 Å². The lowest BCUT2D eigenvalue weighted by atomic mass is 10.2. The summed E-state index contributed by atoms with van der Waals surface area (Å²) in [6.07, 6.45) is 3.79. The van der Waals surface area contributed by atoms with Crippen LogP contribution in [0.5, 0.6) is 0 Å². The van der Waals surface area contributed by atoms with Gasteiger partial charge in [0.05, 0.1) is 0 Å². The van der Waals surface area contributed by atoms with Crippen LogP contribution in [0.15, 0.2) is 48.8 Å². The van der Waals surface area contributed by atoms with Gasteiger partial charge in [-0.3, -0.25) is 10.2 Å². The van der Waals surface area contributed by atoms with E-state index in [1.165, 1.54) is 0 Å². The topological polar surface area (TPSA) is 75.2 Å². The second-order valence-corrected chi connectivity index (χ2v) is 4.08. The first-order chi connectivity index (χ1) is 9.70. The number of nitrogens with one attached hydrogen (secondary N) is 3. The van der Waals surface area contributed by atoms with Crippen molar-refractivity contribution in [1.82, 2.24) is 20.7 Å². The molecule has 6 nitrogen and oxygen atoms in total. The van der Waals surface area contributed by atoms with Crippen molar-refractivity contribution in [3.05, 3.63) is 54.4 Å². The molecule has 0 radical (unpaired) electrons. The Bertz CT molecular complexity index is 593. The van der Waals surface area contributed by atoms with Crippen LogP contribution in [0.25, 0.3) is 5.69 Å². The summed E-state index contributed by atoms with van der Waals surface area (Å²) in [7, 11) is 0. The minimum Gasteiger partial charge on any atom is -0.337 e. The molecule has 1 heterocycles. The molecule has 104 valence electrons. The van der Waals surface area contributed by atoms with E-state index in [0.29, 0.717) is 12.1 Å². The van der Waals surface area contributed by atoms with Crippen molar-refractivity contribution in [2.45, 2.75) is 6.92 Å². The molecule has 0 saturated heterocycles. The lowest BCUT2D eigenvalue weighted by Gasteiger charge is -2.09. The fraction of sp³-hybridized carbons (Fsp3) is 0.143. The van der Waals surface area contributed by atoms with E-state index in [9.17, 15) is 9.59 Å². The molecule has 0 unspecified atom stereocenters. The average Bonchev–Trinajstić information content (AvgIpc) is 2.99. The quantitative estimate of drug-likeness (QED) is 0.740. The van der Waals surface area contributed by atoms with Crippen LogP contribution < -0.4 is 16.2 Å². The van der Waals surface area contributed by atoms with Crippen molar-refractivity contribution in [2.24, 2.45) is 0 Å². The Kier molecular flexibility index (Phi) is 4.39. The lowest BCUT2D eigenvalue weighted by Crippen LogP contribution is -2.46. The van der Waals surface area contributed by atoms with Crippen molar-refractivity contribution >= 4 is 11.9 Å². The van der Waals surface area contributed by atoms with Crippen LogP contribution >= 0.6 is 0 Å². The van der Waals surface area contributed by atoms with Crippen LogP contribution in [-0.2, 0) is 0 Å². The molecule has 0 saturated carbocycles. The minimum absolute atomic E-state index is 0.370. The number of hydrogen-bond acceptors (Lipinski definition) is 2. The largest absolute Gasteiger partial charge is 0.337 e. The highest BCUT2D eigenvalue weighted by atomic mass is 16.2. The number of nitrogens with zero attached hydrogens (tertiary/aromatic N) is 1.